The minimum absolute atomic E-state index is 0.320. The highest BCUT2D eigenvalue weighted by Crippen LogP contribution is 2.21. The SMILES string of the molecule is C=CCNc1nc(NC(C)C)cc(-c2ccccc2)n1. The molecule has 0 aliphatic carbocycles. The summed E-state index contributed by atoms with van der Waals surface area (Å²) in [5.74, 6) is 1.43. The zero-order chi connectivity index (χ0) is 14.4. The van der Waals surface area contributed by atoms with Gasteiger partial charge in [0.1, 0.15) is 5.82 Å². The maximum atomic E-state index is 4.54. The average Bonchev–Trinajstić information content (AvgIpc) is 2.45. The summed E-state index contributed by atoms with van der Waals surface area (Å²) in [4.78, 5) is 8.99. The van der Waals surface area contributed by atoms with Gasteiger partial charge >= 0.3 is 0 Å². The van der Waals surface area contributed by atoms with E-state index in [0.717, 1.165) is 17.1 Å². The summed E-state index contributed by atoms with van der Waals surface area (Å²) in [6.07, 6.45) is 1.79. The lowest BCUT2D eigenvalue weighted by molar-refractivity contribution is 0.887. The van der Waals surface area contributed by atoms with Gasteiger partial charge in [0.05, 0.1) is 5.69 Å². The number of hydrogen-bond acceptors (Lipinski definition) is 4. The van der Waals surface area contributed by atoms with Crippen LogP contribution in [0.4, 0.5) is 11.8 Å². The van der Waals surface area contributed by atoms with Gasteiger partial charge in [0, 0.05) is 24.2 Å². The Labute approximate surface area is 120 Å². The molecule has 2 N–H and O–H groups in total. The Hall–Kier alpha value is -2.36. The molecule has 0 saturated heterocycles. The predicted molar refractivity (Wildman–Crippen MR) is 84.9 cm³/mol. The van der Waals surface area contributed by atoms with Crippen LogP contribution < -0.4 is 10.6 Å². The van der Waals surface area contributed by atoms with Crippen molar-refractivity contribution in [2.24, 2.45) is 0 Å². The number of nitrogens with zero attached hydrogens (tertiary/aromatic N) is 2. The standard InChI is InChI=1S/C16H20N4/c1-4-10-17-16-19-14(13-8-6-5-7-9-13)11-15(20-16)18-12(2)3/h4-9,11-12H,1,10H2,2-3H3,(H2,17,18,19,20). The molecule has 104 valence electrons. The lowest BCUT2D eigenvalue weighted by Gasteiger charge is -2.12. The highest BCUT2D eigenvalue weighted by atomic mass is 15.1. The lowest BCUT2D eigenvalue weighted by atomic mass is 10.1. The molecule has 0 amide bonds. The van der Waals surface area contributed by atoms with E-state index in [1.165, 1.54) is 0 Å². The molecule has 0 unspecified atom stereocenters. The van der Waals surface area contributed by atoms with Crippen LogP contribution in [0, 0.1) is 0 Å². The Kier molecular flexibility index (Phi) is 4.71. The number of hydrogen-bond donors (Lipinski definition) is 2. The van der Waals surface area contributed by atoms with Gasteiger partial charge in [-0.1, -0.05) is 36.4 Å². The van der Waals surface area contributed by atoms with E-state index in [-0.39, 0.29) is 0 Å². The fourth-order valence-electron chi connectivity index (χ4n) is 1.82. The molecule has 1 aromatic carbocycles. The molecule has 20 heavy (non-hydrogen) atoms. The normalized spacial score (nSPS) is 10.3. The zero-order valence-electron chi connectivity index (χ0n) is 11.9. The van der Waals surface area contributed by atoms with E-state index in [2.05, 4.69) is 41.0 Å². The van der Waals surface area contributed by atoms with Crippen molar-refractivity contribution in [1.82, 2.24) is 9.97 Å². The second kappa shape index (κ2) is 6.70. The van der Waals surface area contributed by atoms with Gasteiger partial charge in [-0.05, 0) is 13.8 Å². The first kappa shape index (κ1) is 14.1. The Bertz CT molecular complexity index is 564. The van der Waals surface area contributed by atoms with Crippen LogP contribution in [0.25, 0.3) is 11.3 Å². The number of nitrogens with one attached hydrogen (secondary N) is 2. The Balaban J connectivity index is 2.37. The lowest BCUT2D eigenvalue weighted by Crippen LogP contribution is -2.13. The highest BCUT2D eigenvalue weighted by Gasteiger charge is 2.07. The Morgan fingerprint density at radius 3 is 2.60 bits per heavy atom. The van der Waals surface area contributed by atoms with Crippen LogP contribution in [0.5, 0.6) is 0 Å². The van der Waals surface area contributed by atoms with E-state index in [9.17, 15) is 0 Å². The molecule has 0 radical (unpaired) electrons. The van der Waals surface area contributed by atoms with Crippen LogP contribution >= 0.6 is 0 Å². The molecule has 2 rings (SSSR count). The molecule has 1 aromatic heterocycles. The summed E-state index contributed by atoms with van der Waals surface area (Å²) in [6.45, 7) is 8.50. The van der Waals surface area contributed by atoms with Gasteiger partial charge in [-0.25, -0.2) is 4.98 Å². The summed E-state index contributed by atoms with van der Waals surface area (Å²) in [6, 6.07) is 12.4. The Morgan fingerprint density at radius 1 is 1.20 bits per heavy atom. The summed E-state index contributed by atoms with van der Waals surface area (Å²) in [5, 5.41) is 6.45. The Morgan fingerprint density at radius 2 is 1.95 bits per heavy atom. The van der Waals surface area contributed by atoms with Crippen LogP contribution in [0.15, 0.2) is 49.1 Å². The van der Waals surface area contributed by atoms with Gasteiger partial charge < -0.3 is 10.6 Å². The van der Waals surface area contributed by atoms with Gasteiger partial charge in [-0.15, -0.1) is 6.58 Å². The van der Waals surface area contributed by atoms with Crippen molar-refractivity contribution in [2.75, 3.05) is 17.2 Å². The molecule has 4 nitrogen and oxygen atoms in total. The molecule has 0 aliphatic rings. The third kappa shape index (κ3) is 3.82. The fraction of sp³-hybridized carbons (Fsp3) is 0.250. The summed E-state index contributed by atoms with van der Waals surface area (Å²) >= 11 is 0. The molecule has 0 bridgehead atoms. The number of aromatic nitrogens is 2. The molecule has 0 spiro atoms. The minimum atomic E-state index is 0.320. The van der Waals surface area contributed by atoms with E-state index in [1.54, 1.807) is 6.08 Å². The van der Waals surface area contributed by atoms with Crippen molar-refractivity contribution in [2.45, 2.75) is 19.9 Å². The van der Waals surface area contributed by atoms with Crippen LogP contribution in [-0.2, 0) is 0 Å². The fourth-order valence-corrected chi connectivity index (χ4v) is 1.82. The van der Waals surface area contributed by atoms with Gasteiger partial charge in [0.2, 0.25) is 5.95 Å². The molecule has 0 saturated carbocycles. The van der Waals surface area contributed by atoms with E-state index in [4.69, 9.17) is 0 Å². The second-order valence-electron chi connectivity index (χ2n) is 4.80. The van der Waals surface area contributed by atoms with Gasteiger partial charge in [0.25, 0.3) is 0 Å². The molecule has 0 fully saturated rings. The second-order valence-corrected chi connectivity index (χ2v) is 4.80. The van der Waals surface area contributed by atoms with E-state index in [1.807, 2.05) is 36.4 Å². The van der Waals surface area contributed by atoms with Crippen molar-refractivity contribution in [3.8, 4) is 11.3 Å². The number of anilines is 2. The molecule has 4 heteroatoms. The van der Waals surface area contributed by atoms with Gasteiger partial charge in [0.15, 0.2) is 0 Å². The quantitative estimate of drug-likeness (QED) is 0.786. The first-order chi connectivity index (χ1) is 9.69. The molecule has 1 heterocycles. The van der Waals surface area contributed by atoms with Crippen LogP contribution in [0.1, 0.15) is 13.8 Å². The van der Waals surface area contributed by atoms with Crippen molar-refractivity contribution in [3.63, 3.8) is 0 Å². The average molecular weight is 268 g/mol. The third-order valence-corrected chi connectivity index (χ3v) is 2.64. The largest absolute Gasteiger partial charge is 0.368 e. The topological polar surface area (TPSA) is 49.8 Å². The predicted octanol–water partition coefficient (Wildman–Crippen LogP) is 3.56. The van der Waals surface area contributed by atoms with Crippen molar-refractivity contribution in [3.05, 3.63) is 49.1 Å². The molecule has 2 aromatic rings. The van der Waals surface area contributed by atoms with Crippen molar-refractivity contribution >= 4 is 11.8 Å². The summed E-state index contributed by atoms with van der Waals surface area (Å²) in [7, 11) is 0. The van der Waals surface area contributed by atoms with E-state index < -0.39 is 0 Å². The first-order valence-corrected chi connectivity index (χ1v) is 6.75. The highest BCUT2D eigenvalue weighted by molar-refractivity contribution is 5.64. The van der Waals surface area contributed by atoms with Crippen LogP contribution in [0.3, 0.4) is 0 Å². The number of benzene rings is 1. The van der Waals surface area contributed by atoms with Crippen LogP contribution in [0.2, 0.25) is 0 Å². The van der Waals surface area contributed by atoms with Gasteiger partial charge in [-0.3, -0.25) is 0 Å². The maximum Gasteiger partial charge on any atom is 0.225 e. The smallest absolute Gasteiger partial charge is 0.225 e. The maximum absolute atomic E-state index is 4.54. The zero-order valence-corrected chi connectivity index (χ0v) is 11.9. The van der Waals surface area contributed by atoms with Crippen LogP contribution in [-0.4, -0.2) is 22.6 Å². The molecular formula is C16H20N4. The van der Waals surface area contributed by atoms with Gasteiger partial charge in [-0.2, -0.15) is 4.98 Å². The monoisotopic (exact) mass is 268 g/mol. The summed E-state index contributed by atoms with van der Waals surface area (Å²) < 4.78 is 0. The minimum Gasteiger partial charge on any atom is -0.368 e. The molecular weight excluding hydrogens is 248 g/mol. The first-order valence-electron chi connectivity index (χ1n) is 6.75. The van der Waals surface area contributed by atoms with E-state index >= 15 is 0 Å². The molecule has 0 atom stereocenters. The molecule has 0 aliphatic heterocycles. The van der Waals surface area contributed by atoms with E-state index in [0.29, 0.717) is 18.5 Å². The number of rotatable bonds is 6. The van der Waals surface area contributed by atoms with Crippen molar-refractivity contribution < 1.29 is 0 Å². The third-order valence-electron chi connectivity index (χ3n) is 2.64. The van der Waals surface area contributed by atoms with Crippen molar-refractivity contribution in [1.29, 1.82) is 0 Å². The summed E-state index contributed by atoms with van der Waals surface area (Å²) in [5.41, 5.74) is 1.97.